The lowest BCUT2D eigenvalue weighted by atomic mass is 9.97. The first kappa shape index (κ1) is 17.5. The molecule has 2 saturated carbocycles. The molecule has 2 heterocycles. The van der Waals surface area contributed by atoms with Crippen molar-refractivity contribution in [3.63, 3.8) is 0 Å². The van der Waals surface area contributed by atoms with Crippen molar-refractivity contribution in [1.29, 1.82) is 0 Å². The van der Waals surface area contributed by atoms with E-state index < -0.39 is 0 Å². The van der Waals surface area contributed by atoms with Crippen molar-refractivity contribution in [1.82, 2.24) is 19.9 Å². The standard InChI is InChI=1S/C20H25BrN4O2/c21-18-17(6-5-16-19(18)22-23-25(16)11-13-1-2-13)27-12-14-7-9-24(10-8-14)20(26)15-3-4-15/h5-6,13-15H,1-4,7-12H2. The van der Waals surface area contributed by atoms with Crippen LogP contribution in [0.1, 0.15) is 38.5 Å². The Hall–Kier alpha value is -1.63. The Labute approximate surface area is 167 Å². The minimum atomic E-state index is 0.328. The van der Waals surface area contributed by atoms with Crippen LogP contribution >= 0.6 is 15.9 Å². The smallest absolute Gasteiger partial charge is 0.225 e. The SMILES string of the molecule is O=C(C1CC1)N1CCC(COc2ccc3c(nnn3CC3CC3)c2Br)CC1. The van der Waals surface area contributed by atoms with Gasteiger partial charge in [-0.05, 0) is 78.4 Å². The van der Waals surface area contributed by atoms with E-state index in [1.165, 1.54) is 12.8 Å². The molecule has 1 aromatic heterocycles. The van der Waals surface area contributed by atoms with E-state index in [1.54, 1.807) is 0 Å². The van der Waals surface area contributed by atoms with Gasteiger partial charge in [-0.15, -0.1) is 5.10 Å². The molecule has 7 heteroatoms. The first-order valence-electron chi connectivity index (χ1n) is 10.1. The van der Waals surface area contributed by atoms with Gasteiger partial charge in [-0.25, -0.2) is 4.68 Å². The predicted molar refractivity (Wildman–Crippen MR) is 105 cm³/mol. The molecule has 0 atom stereocenters. The minimum absolute atomic E-state index is 0.328. The second-order valence-electron chi connectivity index (χ2n) is 8.31. The number of nitrogens with zero attached hydrogens (tertiary/aromatic N) is 4. The molecule has 1 saturated heterocycles. The lowest BCUT2D eigenvalue weighted by Crippen LogP contribution is -2.40. The molecule has 1 aromatic carbocycles. The number of amides is 1. The number of carbonyl (C=O) groups is 1. The summed E-state index contributed by atoms with van der Waals surface area (Å²) in [6.07, 6.45) is 6.82. The number of fused-ring (bicyclic) bond motifs is 1. The molecule has 144 valence electrons. The fourth-order valence-electron chi connectivity index (χ4n) is 3.89. The third kappa shape index (κ3) is 3.71. The highest BCUT2D eigenvalue weighted by molar-refractivity contribution is 9.10. The van der Waals surface area contributed by atoms with Gasteiger partial charge in [0, 0.05) is 25.6 Å². The molecule has 3 fully saturated rings. The molecule has 1 amide bonds. The highest BCUT2D eigenvalue weighted by Gasteiger charge is 2.35. The van der Waals surface area contributed by atoms with E-state index in [9.17, 15) is 4.79 Å². The van der Waals surface area contributed by atoms with Crippen LogP contribution in [0.25, 0.3) is 11.0 Å². The molecule has 1 aliphatic heterocycles. The summed E-state index contributed by atoms with van der Waals surface area (Å²) in [4.78, 5) is 14.2. The van der Waals surface area contributed by atoms with Gasteiger partial charge in [0.25, 0.3) is 0 Å². The van der Waals surface area contributed by atoms with Gasteiger partial charge in [0.05, 0.1) is 16.6 Å². The van der Waals surface area contributed by atoms with E-state index in [1.807, 2.05) is 15.6 Å². The minimum Gasteiger partial charge on any atom is -0.492 e. The van der Waals surface area contributed by atoms with Crippen LogP contribution in [0.5, 0.6) is 5.75 Å². The molecular weight excluding hydrogens is 408 g/mol. The van der Waals surface area contributed by atoms with Crippen LogP contribution in [0.4, 0.5) is 0 Å². The summed E-state index contributed by atoms with van der Waals surface area (Å²) in [5.41, 5.74) is 1.94. The second kappa shape index (κ2) is 7.08. The van der Waals surface area contributed by atoms with E-state index in [4.69, 9.17) is 4.74 Å². The van der Waals surface area contributed by atoms with E-state index in [0.29, 0.717) is 24.3 Å². The maximum absolute atomic E-state index is 12.2. The Balaban J connectivity index is 1.19. The Morgan fingerprint density at radius 3 is 2.59 bits per heavy atom. The zero-order valence-electron chi connectivity index (χ0n) is 15.4. The fraction of sp³-hybridized carbons (Fsp3) is 0.650. The number of halogens is 1. The van der Waals surface area contributed by atoms with Crippen molar-refractivity contribution in [2.45, 2.75) is 45.1 Å². The predicted octanol–water partition coefficient (Wildman–Crippen LogP) is 3.63. The third-order valence-electron chi connectivity index (χ3n) is 6.05. The summed E-state index contributed by atoms with van der Waals surface area (Å²) in [5, 5.41) is 8.66. The molecule has 0 bridgehead atoms. The number of rotatable bonds is 6. The Morgan fingerprint density at radius 2 is 1.89 bits per heavy atom. The van der Waals surface area contributed by atoms with Crippen LogP contribution in [-0.2, 0) is 11.3 Å². The molecule has 5 rings (SSSR count). The molecule has 27 heavy (non-hydrogen) atoms. The quantitative estimate of drug-likeness (QED) is 0.698. The van der Waals surface area contributed by atoms with Crippen LogP contribution in [0.2, 0.25) is 0 Å². The number of likely N-dealkylation sites (tertiary alicyclic amines) is 1. The average molecular weight is 433 g/mol. The van der Waals surface area contributed by atoms with Crippen LogP contribution in [0.3, 0.4) is 0 Å². The van der Waals surface area contributed by atoms with E-state index >= 15 is 0 Å². The lowest BCUT2D eigenvalue weighted by molar-refractivity contribution is -0.134. The van der Waals surface area contributed by atoms with Crippen LogP contribution in [0, 0.1) is 17.8 Å². The van der Waals surface area contributed by atoms with Gasteiger partial charge in [0.1, 0.15) is 11.3 Å². The molecule has 3 aliphatic rings. The number of benzene rings is 1. The van der Waals surface area contributed by atoms with Gasteiger partial charge in [0.15, 0.2) is 0 Å². The zero-order valence-corrected chi connectivity index (χ0v) is 17.0. The molecule has 0 radical (unpaired) electrons. The maximum atomic E-state index is 12.2. The lowest BCUT2D eigenvalue weighted by Gasteiger charge is -2.32. The first-order chi connectivity index (χ1) is 13.2. The van der Waals surface area contributed by atoms with Crippen molar-refractivity contribution in [2.75, 3.05) is 19.7 Å². The number of hydrogen-bond donors (Lipinski definition) is 0. The van der Waals surface area contributed by atoms with Crippen LogP contribution < -0.4 is 4.74 Å². The highest BCUT2D eigenvalue weighted by atomic mass is 79.9. The van der Waals surface area contributed by atoms with Gasteiger partial charge >= 0.3 is 0 Å². The van der Waals surface area contributed by atoms with Gasteiger partial charge < -0.3 is 9.64 Å². The second-order valence-corrected chi connectivity index (χ2v) is 9.11. The van der Waals surface area contributed by atoms with E-state index in [-0.39, 0.29) is 0 Å². The third-order valence-corrected chi connectivity index (χ3v) is 6.81. The summed E-state index contributed by atoms with van der Waals surface area (Å²) in [6.45, 7) is 3.39. The van der Waals surface area contributed by atoms with Gasteiger partial charge in [-0.2, -0.15) is 0 Å². The molecule has 0 spiro atoms. The van der Waals surface area contributed by atoms with Crippen molar-refractivity contribution in [2.24, 2.45) is 17.8 Å². The molecular formula is C20H25BrN4O2. The molecule has 2 aliphatic carbocycles. The number of ether oxygens (including phenoxy) is 1. The van der Waals surface area contributed by atoms with Crippen molar-refractivity contribution >= 4 is 32.9 Å². The monoisotopic (exact) mass is 432 g/mol. The highest BCUT2D eigenvalue weighted by Crippen LogP contribution is 2.36. The number of piperidine rings is 1. The summed E-state index contributed by atoms with van der Waals surface area (Å²) in [6, 6.07) is 4.08. The largest absolute Gasteiger partial charge is 0.492 e. The maximum Gasteiger partial charge on any atom is 0.225 e. The molecule has 0 N–H and O–H groups in total. The van der Waals surface area contributed by atoms with E-state index in [2.05, 4.69) is 32.3 Å². The summed E-state index contributed by atoms with van der Waals surface area (Å²) >= 11 is 3.66. The summed E-state index contributed by atoms with van der Waals surface area (Å²) < 4.78 is 9.02. The Bertz CT molecular complexity index is 851. The fourth-order valence-corrected chi connectivity index (χ4v) is 4.42. The molecule has 2 aromatic rings. The Kier molecular flexibility index (Phi) is 4.58. The molecule has 6 nitrogen and oxygen atoms in total. The number of aromatic nitrogens is 3. The number of carbonyl (C=O) groups excluding carboxylic acids is 1. The first-order valence-corrected chi connectivity index (χ1v) is 10.9. The number of hydrogen-bond acceptors (Lipinski definition) is 4. The average Bonchev–Trinajstić information content (AvgIpc) is 3.60. The van der Waals surface area contributed by atoms with Crippen LogP contribution in [0.15, 0.2) is 16.6 Å². The zero-order chi connectivity index (χ0) is 18.4. The van der Waals surface area contributed by atoms with Gasteiger partial charge in [-0.1, -0.05) is 5.21 Å². The van der Waals surface area contributed by atoms with E-state index in [0.717, 1.165) is 72.5 Å². The Morgan fingerprint density at radius 1 is 1.11 bits per heavy atom. The topological polar surface area (TPSA) is 60.3 Å². The van der Waals surface area contributed by atoms with Gasteiger partial charge in [-0.3, -0.25) is 4.79 Å². The summed E-state index contributed by atoms with van der Waals surface area (Å²) in [7, 11) is 0. The van der Waals surface area contributed by atoms with Crippen molar-refractivity contribution < 1.29 is 9.53 Å². The normalized spacial score (nSPS) is 21.0. The molecule has 0 unspecified atom stereocenters. The van der Waals surface area contributed by atoms with Crippen molar-refractivity contribution in [3.8, 4) is 5.75 Å². The van der Waals surface area contributed by atoms with Crippen molar-refractivity contribution in [3.05, 3.63) is 16.6 Å². The van der Waals surface area contributed by atoms with Crippen LogP contribution in [-0.4, -0.2) is 45.5 Å². The van der Waals surface area contributed by atoms with Gasteiger partial charge in [0.2, 0.25) is 5.91 Å². The summed E-state index contributed by atoms with van der Waals surface area (Å²) in [5.74, 6) is 2.80.